The van der Waals surface area contributed by atoms with E-state index in [1.807, 2.05) is 0 Å². The second kappa shape index (κ2) is 15.6. The van der Waals surface area contributed by atoms with Gasteiger partial charge in [-0.25, -0.2) is 14.8 Å². The first-order valence-electron chi connectivity index (χ1n) is 12.1. The van der Waals surface area contributed by atoms with E-state index in [1.165, 1.54) is 48.5 Å². The number of benzene rings is 2. The molecular weight excluding hydrogens is 567 g/mol. The molecule has 0 bridgehead atoms. The Bertz CT molecular complexity index is 1330. The summed E-state index contributed by atoms with van der Waals surface area (Å²) < 4.78 is 48.7. The number of nitrogens with zero attached hydrogens (tertiary/aromatic N) is 2. The van der Waals surface area contributed by atoms with Crippen molar-refractivity contribution >= 4 is 47.0 Å². The molecule has 2 rings (SSSR count). The number of halogens is 3. The van der Waals surface area contributed by atoms with Crippen LogP contribution in [0.1, 0.15) is 23.2 Å². The molecule has 2 aromatic carbocycles. The number of nitrogens with two attached hydrogens (primary N) is 3. The minimum atomic E-state index is -5.46. The minimum Gasteiger partial charge on any atom is -0.494 e. The molecule has 42 heavy (non-hydrogen) atoms. The maximum atomic E-state index is 13.0. The van der Waals surface area contributed by atoms with Crippen LogP contribution in [0.15, 0.2) is 58.5 Å². The first-order chi connectivity index (χ1) is 19.8. The number of aliphatic imine (C=N–C) groups is 2. The van der Waals surface area contributed by atoms with Gasteiger partial charge in [-0.3, -0.25) is 14.4 Å². The summed E-state index contributed by atoms with van der Waals surface area (Å²) in [5.41, 5.74) is 16.3. The topological polar surface area (TPSA) is 234 Å². The highest BCUT2D eigenvalue weighted by Crippen LogP contribution is 2.22. The van der Waals surface area contributed by atoms with Crippen molar-refractivity contribution in [3.05, 3.63) is 54.1 Å². The van der Waals surface area contributed by atoms with Crippen molar-refractivity contribution in [3.8, 4) is 5.75 Å². The van der Waals surface area contributed by atoms with Crippen LogP contribution in [0.2, 0.25) is 0 Å². The lowest BCUT2D eigenvalue weighted by atomic mass is 10.2. The van der Waals surface area contributed by atoms with Crippen LogP contribution in [0.25, 0.3) is 0 Å². The molecule has 14 nitrogen and oxygen atoms in total. The highest BCUT2D eigenvalue weighted by Gasteiger charge is 2.43. The van der Waals surface area contributed by atoms with Gasteiger partial charge < -0.3 is 42.4 Å². The van der Waals surface area contributed by atoms with Gasteiger partial charge in [0, 0.05) is 5.56 Å². The number of carboxylic acid groups (broad SMARTS) is 1. The Morgan fingerprint density at radius 2 is 1.69 bits per heavy atom. The highest BCUT2D eigenvalue weighted by atomic mass is 19.4. The highest BCUT2D eigenvalue weighted by molar-refractivity contribution is 6.00. The molecule has 1 atom stereocenters. The molecule has 0 aromatic heterocycles. The number of nitrogens with one attached hydrogen (secondary N) is 2. The minimum absolute atomic E-state index is 0.0512. The van der Waals surface area contributed by atoms with E-state index in [0.717, 1.165) is 0 Å². The van der Waals surface area contributed by atoms with Crippen LogP contribution in [0.4, 0.5) is 24.5 Å². The fourth-order valence-electron chi connectivity index (χ4n) is 3.09. The van der Waals surface area contributed by atoms with Crippen LogP contribution in [0, 0.1) is 0 Å². The third-order valence-electron chi connectivity index (χ3n) is 4.91. The molecule has 17 heteroatoms. The van der Waals surface area contributed by atoms with E-state index >= 15 is 0 Å². The molecule has 0 aliphatic carbocycles. The van der Waals surface area contributed by atoms with Crippen molar-refractivity contribution < 1.29 is 46.9 Å². The predicted molar refractivity (Wildman–Crippen MR) is 143 cm³/mol. The quantitative estimate of drug-likeness (QED) is 0.0826. The van der Waals surface area contributed by atoms with E-state index in [-0.39, 0.29) is 22.9 Å². The Kier molecular flexibility index (Phi) is 12.2. The zero-order valence-corrected chi connectivity index (χ0v) is 21.9. The van der Waals surface area contributed by atoms with E-state index in [2.05, 4.69) is 25.4 Å². The second-order valence-corrected chi connectivity index (χ2v) is 8.31. The van der Waals surface area contributed by atoms with Crippen molar-refractivity contribution in [1.82, 2.24) is 10.6 Å². The fraction of sp³-hybridized carbons (Fsp3) is 0.280. The van der Waals surface area contributed by atoms with Gasteiger partial charge in [-0.05, 0) is 55.4 Å². The average molecular weight is 596 g/mol. The van der Waals surface area contributed by atoms with Crippen LogP contribution < -0.4 is 32.6 Å². The van der Waals surface area contributed by atoms with E-state index in [1.54, 1.807) is 0 Å². The van der Waals surface area contributed by atoms with Crippen LogP contribution >= 0.6 is 0 Å². The first kappa shape index (κ1) is 33.0. The fourth-order valence-corrected chi connectivity index (χ4v) is 3.09. The SMILES string of the molecule is NCCCOc1ccc(N=C(OC(=O)C(F)(F)F)[C@H](CC(=O)O)NC(=O)CNC(=O)c2cccc(N=C(N)N)c2)cc1. The third kappa shape index (κ3) is 11.5. The number of guanidine groups is 1. The second-order valence-electron chi connectivity index (χ2n) is 8.31. The summed E-state index contributed by atoms with van der Waals surface area (Å²) in [7, 11) is 0. The van der Waals surface area contributed by atoms with Crippen LogP contribution in [0.3, 0.4) is 0 Å². The number of esters is 1. The first-order valence-corrected chi connectivity index (χ1v) is 12.1. The Morgan fingerprint density at radius 1 is 1.00 bits per heavy atom. The molecule has 9 N–H and O–H groups in total. The number of hydrogen-bond acceptors (Lipinski definition) is 9. The predicted octanol–water partition coefficient (Wildman–Crippen LogP) is 0.844. The van der Waals surface area contributed by atoms with Crippen LogP contribution in [0.5, 0.6) is 5.75 Å². The van der Waals surface area contributed by atoms with Gasteiger partial charge in [0.1, 0.15) is 11.8 Å². The number of carbonyl (C=O) groups is 4. The largest absolute Gasteiger partial charge is 0.494 e. The van der Waals surface area contributed by atoms with E-state index in [4.69, 9.17) is 21.9 Å². The molecule has 2 amide bonds. The Morgan fingerprint density at radius 3 is 2.29 bits per heavy atom. The molecule has 0 aliphatic rings. The number of hydrogen-bond donors (Lipinski definition) is 6. The standard InChI is InChI=1S/C25H28F3N7O7/c26-25(27,28)23(40)42-22(33-15-5-7-17(8-6-15)41-10-2-9-29)18(12-20(37)38)35-19(36)13-32-21(39)14-3-1-4-16(11-14)34-24(30)31/h1,3-8,11,18H,2,9-10,12-13,29H2,(H,32,39)(H,35,36)(H,37,38)(H4,30,31,34)/t18-/m0/s1. The Hall–Kier alpha value is -5.19. The van der Waals surface area contributed by atoms with E-state index < -0.39 is 54.8 Å². The van der Waals surface area contributed by atoms with Gasteiger partial charge in [-0.15, -0.1) is 0 Å². The van der Waals surface area contributed by atoms with Gasteiger partial charge in [0.2, 0.25) is 11.8 Å². The molecule has 2 aromatic rings. The summed E-state index contributed by atoms with van der Waals surface area (Å²) in [6.45, 7) is -0.0430. The summed E-state index contributed by atoms with van der Waals surface area (Å²) in [6, 6.07) is 9.27. The molecule has 226 valence electrons. The number of ether oxygens (including phenoxy) is 2. The van der Waals surface area contributed by atoms with Crippen molar-refractivity contribution in [2.24, 2.45) is 27.2 Å². The van der Waals surface area contributed by atoms with Gasteiger partial charge >= 0.3 is 18.1 Å². The smallest absolute Gasteiger partial charge is 0.491 e. The summed E-state index contributed by atoms with van der Waals surface area (Å²) in [4.78, 5) is 55.7. The third-order valence-corrected chi connectivity index (χ3v) is 4.91. The monoisotopic (exact) mass is 595 g/mol. The Labute approximate surface area is 236 Å². The van der Waals surface area contributed by atoms with Gasteiger partial charge in [0.05, 0.1) is 30.9 Å². The van der Waals surface area contributed by atoms with Crippen LogP contribution in [-0.4, -0.2) is 72.6 Å². The van der Waals surface area contributed by atoms with E-state index in [9.17, 15) is 37.5 Å². The summed E-state index contributed by atoms with van der Waals surface area (Å²) in [6.07, 6.45) is -5.91. The average Bonchev–Trinajstić information content (AvgIpc) is 2.91. The lowest BCUT2D eigenvalue weighted by Crippen LogP contribution is -2.48. The molecule has 0 saturated carbocycles. The summed E-state index contributed by atoms with van der Waals surface area (Å²) in [5.74, 6) is -6.98. The van der Waals surface area contributed by atoms with Crippen molar-refractivity contribution in [1.29, 1.82) is 0 Å². The molecule has 0 saturated heterocycles. The maximum absolute atomic E-state index is 13.0. The van der Waals surface area contributed by atoms with Gasteiger partial charge in [0.15, 0.2) is 5.96 Å². The molecule has 0 radical (unpaired) electrons. The molecule has 0 unspecified atom stereocenters. The molecule has 0 aliphatic heterocycles. The number of carbonyl (C=O) groups excluding carboxylic acids is 3. The van der Waals surface area contributed by atoms with Gasteiger partial charge in [-0.2, -0.15) is 13.2 Å². The summed E-state index contributed by atoms with van der Waals surface area (Å²) in [5, 5.41) is 13.7. The zero-order valence-electron chi connectivity index (χ0n) is 21.9. The Balaban J connectivity index is 2.25. The number of rotatable bonds is 13. The lowest BCUT2D eigenvalue weighted by molar-refractivity contribution is -0.191. The normalized spacial score (nSPS) is 12.0. The van der Waals surface area contributed by atoms with Gasteiger partial charge in [0.25, 0.3) is 5.91 Å². The van der Waals surface area contributed by atoms with Crippen molar-refractivity contribution in [3.63, 3.8) is 0 Å². The lowest BCUT2D eigenvalue weighted by Gasteiger charge is -2.20. The van der Waals surface area contributed by atoms with Crippen LogP contribution in [-0.2, 0) is 19.1 Å². The number of amides is 2. The van der Waals surface area contributed by atoms with Crippen molar-refractivity contribution in [2.45, 2.75) is 25.1 Å². The van der Waals surface area contributed by atoms with Crippen molar-refractivity contribution in [2.75, 3.05) is 19.7 Å². The maximum Gasteiger partial charge on any atom is 0.491 e. The molecule has 0 spiro atoms. The number of aliphatic carboxylic acids is 1. The van der Waals surface area contributed by atoms with E-state index in [0.29, 0.717) is 25.3 Å². The molecule has 0 fully saturated rings. The summed E-state index contributed by atoms with van der Waals surface area (Å²) >= 11 is 0. The molecule has 0 heterocycles. The zero-order chi connectivity index (χ0) is 31.3. The molecular formula is C25H28F3N7O7. The van der Waals surface area contributed by atoms with Gasteiger partial charge in [-0.1, -0.05) is 6.07 Å². The number of carboxylic acids is 1. The number of alkyl halides is 3.